The van der Waals surface area contributed by atoms with Crippen LogP contribution in [0.5, 0.6) is 0 Å². The molecule has 0 aliphatic carbocycles. The topological polar surface area (TPSA) is 30.2 Å². The fourth-order valence-corrected chi connectivity index (χ4v) is 2.49. The first kappa shape index (κ1) is 14.9. The van der Waals surface area contributed by atoms with E-state index in [0.717, 1.165) is 11.1 Å². The van der Waals surface area contributed by atoms with E-state index in [0.29, 0.717) is 21.7 Å². The first-order valence-corrected chi connectivity index (χ1v) is 7.57. The summed E-state index contributed by atoms with van der Waals surface area (Å²) in [5.41, 5.74) is 1.73. The lowest BCUT2D eigenvalue weighted by atomic mass is 9.93. The first-order chi connectivity index (χ1) is 10.4. The predicted molar refractivity (Wildman–Crippen MR) is 89.8 cm³/mol. The van der Waals surface area contributed by atoms with Crippen LogP contribution in [0.25, 0.3) is 11.0 Å². The van der Waals surface area contributed by atoms with E-state index in [2.05, 4.69) is 20.8 Å². The predicted octanol–water partition coefficient (Wildman–Crippen LogP) is 5.61. The highest BCUT2D eigenvalue weighted by molar-refractivity contribution is 6.30. The molecule has 1 heterocycles. The molecule has 0 bridgehead atoms. The van der Waals surface area contributed by atoms with Crippen molar-refractivity contribution in [3.8, 4) is 0 Å². The van der Waals surface area contributed by atoms with Crippen LogP contribution in [0.2, 0.25) is 5.02 Å². The summed E-state index contributed by atoms with van der Waals surface area (Å²) in [6, 6.07) is 14.6. The van der Waals surface area contributed by atoms with E-state index >= 15 is 0 Å². The highest BCUT2D eigenvalue weighted by Crippen LogP contribution is 2.31. The number of hydrogen-bond acceptors (Lipinski definition) is 2. The monoisotopic (exact) mass is 312 g/mol. The number of hydrogen-bond donors (Lipinski definition) is 0. The highest BCUT2D eigenvalue weighted by Gasteiger charge is 2.22. The summed E-state index contributed by atoms with van der Waals surface area (Å²) >= 11 is 5.88. The van der Waals surface area contributed by atoms with Crippen LogP contribution in [-0.4, -0.2) is 5.78 Å². The molecule has 0 unspecified atom stereocenters. The fourth-order valence-electron chi connectivity index (χ4n) is 2.37. The molecule has 22 heavy (non-hydrogen) atoms. The molecule has 0 aliphatic rings. The zero-order chi connectivity index (χ0) is 15.9. The molecule has 0 saturated carbocycles. The van der Waals surface area contributed by atoms with E-state index in [9.17, 15) is 4.79 Å². The van der Waals surface area contributed by atoms with Gasteiger partial charge in [0.15, 0.2) is 5.78 Å². The van der Waals surface area contributed by atoms with Crippen LogP contribution in [0.3, 0.4) is 0 Å². The number of benzene rings is 2. The third-order valence-corrected chi connectivity index (χ3v) is 3.89. The lowest BCUT2D eigenvalue weighted by molar-refractivity contribution is 0.103. The van der Waals surface area contributed by atoms with Crippen molar-refractivity contribution >= 4 is 28.4 Å². The molecule has 1 aromatic heterocycles. The Kier molecular flexibility index (Phi) is 3.57. The minimum atomic E-state index is -0.0976. The van der Waals surface area contributed by atoms with Crippen molar-refractivity contribution in [2.45, 2.75) is 26.2 Å². The van der Waals surface area contributed by atoms with E-state index in [1.807, 2.05) is 18.2 Å². The van der Waals surface area contributed by atoms with E-state index in [1.165, 1.54) is 0 Å². The van der Waals surface area contributed by atoms with E-state index in [4.69, 9.17) is 16.0 Å². The number of carbonyl (C=O) groups excluding carboxylic acids is 1. The molecule has 3 aromatic rings. The molecule has 0 amide bonds. The molecule has 0 fully saturated rings. The van der Waals surface area contributed by atoms with Crippen LogP contribution in [0.4, 0.5) is 0 Å². The van der Waals surface area contributed by atoms with Gasteiger partial charge in [-0.2, -0.15) is 0 Å². The van der Waals surface area contributed by atoms with E-state index in [1.54, 1.807) is 30.3 Å². The number of para-hydroxylation sites is 1. The number of carbonyl (C=O) groups is 1. The number of ketones is 1. The van der Waals surface area contributed by atoms with Crippen LogP contribution in [0.15, 0.2) is 52.9 Å². The average Bonchev–Trinajstić information content (AvgIpc) is 2.91. The third kappa shape index (κ3) is 2.67. The van der Waals surface area contributed by atoms with Gasteiger partial charge < -0.3 is 4.42 Å². The minimum Gasteiger partial charge on any atom is -0.460 e. The number of halogens is 1. The average molecular weight is 313 g/mol. The molecule has 112 valence electrons. The largest absolute Gasteiger partial charge is 0.460 e. The third-order valence-electron chi connectivity index (χ3n) is 3.63. The van der Waals surface area contributed by atoms with Crippen molar-refractivity contribution < 1.29 is 9.21 Å². The standard InChI is InChI=1S/C19H17ClO2/c1-19(2,3)16-11-13-5-4-6-15(18(13)22-16)17(21)12-7-9-14(20)10-8-12/h4-11H,1-3H3. The number of fused-ring (bicyclic) bond motifs is 1. The second-order valence-corrected chi connectivity index (χ2v) is 6.86. The van der Waals surface area contributed by atoms with Gasteiger partial charge in [-0.3, -0.25) is 4.79 Å². The maximum atomic E-state index is 12.7. The van der Waals surface area contributed by atoms with Crippen LogP contribution >= 0.6 is 11.6 Å². The molecular formula is C19H17ClO2. The molecule has 2 aromatic carbocycles. The fraction of sp³-hybridized carbons (Fsp3) is 0.211. The van der Waals surface area contributed by atoms with Gasteiger partial charge in [0.05, 0.1) is 5.56 Å². The van der Waals surface area contributed by atoms with E-state index < -0.39 is 0 Å². The molecule has 0 atom stereocenters. The van der Waals surface area contributed by atoms with Gasteiger partial charge >= 0.3 is 0 Å². The molecule has 0 saturated heterocycles. The number of furan rings is 1. The lowest BCUT2D eigenvalue weighted by Gasteiger charge is -2.13. The van der Waals surface area contributed by atoms with Gasteiger partial charge in [0, 0.05) is 21.4 Å². The maximum absolute atomic E-state index is 12.7. The van der Waals surface area contributed by atoms with Gasteiger partial charge in [0.25, 0.3) is 0 Å². The Morgan fingerprint density at radius 1 is 1.05 bits per heavy atom. The van der Waals surface area contributed by atoms with Gasteiger partial charge in [-0.1, -0.05) is 44.5 Å². The van der Waals surface area contributed by atoms with Crippen LogP contribution < -0.4 is 0 Å². The quantitative estimate of drug-likeness (QED) is 0.575. The van der Waals surface area contributed by atoms with Gasteiger partial charge in [-0.15, -0.1) is 0 Å². The van der Waals surface area contributed by atoms with Gasteiger partial charge in [0.1, 0.15) is 11.3 Å². The Morgan fingerprint density at radius 3 is 2.36 bits per heavy atom. The smallest absolute Gasteiger partial charge is 0.196 e. The Morgan fingerprint density at radius 2 is 1.73 bits per heavy atom. The lowest BCUT2D eigenvalue weighted by Crippen LogP contribution is -2.09. The minimum absolute atomic E-state index is 0.0583. The summed E-state index contributed by atoms with van der Waals surface area (Å²) in [6.45, 7) is 6.27. The second-order valence-electron chi connectivity index (χ2n) is 6.42. The van der Waals surface area contributed by atoms with Crippen LogP contribution in [-0.2, 0) is 5.41 Å². The highest BCUT2D eigenvalue weighted by atomic mass is 35.5. The van der Waals surface area contributed by atoms with Crippen molar-refractivity contribution in [3.63, 3.8) is 0 Å². The van der Waals surface area contributed by atoms with Crippen LogP contribution in [0, 0.1) is 0 Å². The molecule has 2 nitrogen and oxygen atoms in total. The normalized spacial score (nSPS) is 11.8. The summed E-state index contributed by atoms with van der Waals surface area (Å²) in [5, 5.41) is 1.56. The molecule has 3 heteroatoms. The maximum Gasteiger partial charge on any atom is 0.196 e. The number of rotatable bonds is 2. The Hall–Kier alpha value is -2.06. The van der Waals surface area contributed by atoms with E-state index in [-0.39, 0.29) is 11.2 Å². The summed E-state index contributed by atoms with van der Waals surface area (Å²) < 4.78 is 5.98. The first-order valence-electron chi connectivity index (χ1n) is 7.19. The van der Waals surface area contributed by atoms with Crippen molar-refractivity contribution in [2.75, 3.05) is 0 Å². The second kappa shape index (κ2) is 5.29. The van der Waals surface area contributed by atoms with Gasteiger partial charge in [-0.25, -0.2) is 0 Å². The Labute approximate surface area is 134 Å². The summed E-state index contributed by atoms with van der Waals surface area (Å²) in [4.78, 5) is 12.7. The van der Waals surface area contributed by atoms with Crippen LogP contribution in [0.1, 0.15) is 42.5 Å². The summed E-state index contributed by atoms with van der Waals surface area (Å²) in [6.07, 6.45) is 0. The molecule has 0 N–H and O–H groups in total. The van der Waals surface area contributed by atoms with Gasteiger partial charge in [-0.05, 0) is 36.4 Å². The van der Waals surface area contributed by atoms with Gasteiger partial charge in [0.2, 0.25) is 0 Å². The van der Waals surface area contributed by atoms with Crippen molar-refractivity contribution in [1.29, 1.82) is 0 Å². The molecule has 3 rings (SSSR count). The SMILES string of the molecule is CC(C)(C)c1cc2cccc(C(=O)c3ccc(Cl)cc3)c2o1. The Bertz CT molecular complexity index is 836. The van der Waals surface area contributed by atoms with Crippen molar-refractivity contribution in [3.05, 3.63) is 70.4 Å². The van der Waals surface area contributed by atoms with Crippen molar-refractivity contribution in [1.82, 2.24) is 0 Å². The molecule has 0 radical (unpaired) electrons. The molecule has 0 aliphatic heterocycles. The Balaban J connectivity index is 2.12. The summed E-state index contributed by atoms with van der Waals surface area (Å²) in [7, 11) is 0. The summed E-state index contributed by atoms with van der Waals surface area (Å²) in [5.74, 6) is 0.816. The molecule has 0 spiro atoms. The van der Waals surface area contributed by atoms with Crippen molar-refractivity contribution in [2.24, 2.45) is 0 Å². The molecular weight excluding hydrogens is 296 g/mol. The zero-order valence-corrected chi connectivity index (χ0v) is 13.6. The zero-order valence-electron chi connectivity index (χ0n) is 12.8.